The Bertz CT molecular complexity index is 287. The third-order valence-corrected chi connectivity index (χ3v) is 1.17. The molecule has 0 unspecified atom stereocenters. The molecular weight excluding hydrogens is 180 g/mol. The summed E-state index contributed by atoms with van der Waals surface area (Å²) in [5.41, 5.74) is 0. The first kappa shape index (κ1) is 12.0. The summed E-state index contributed by atoms with van der Waals surface area (Å²) in [7, 11) is 0. The third kappa shape index (κ3) is 4.78. The Morgan fingerprint density at radius 3 is 2.86 bits per heavy atom. The van der Waals surface area contributed by atoms with Crippen LogP contribution in [0.5, 0.6) is 0 Å². The molecule has 0 N–H and O–H groups in total. The summed E-state index contributed by atoms with van der Waals surface area (Å²) in [5, 5.41) is 8.29. The summed E-state index contributed by atoms with van der Waals surface area (Å²) in [6, 6.07) is 1.78. The molecule has 0 aromatic heterocycles. The second-order valence-corrected chi connectivity index (χ2v) is 2.13. The van der Waals surface area contributed by atoms with Crippen LogP contribution in [0.15, 0.2) is 37.2 Å². The number of rotatable bonds is 4. The van der Waals surface area contributed by atoms with Crippen molar-refractivity contribution in [3.8, 4) is 6.07 Å². The van der Waals surface area contributed by atoms with Gasteiger partial charge in [-0.05, 0) is 13.0 Å². The monoisotopic (exact) mass is 192 g/mol. The molecule has 0 bridgehead atoms. The fourth-order valence-electron chi connectivity index (χ4n) is 0.637. The zero-order chi connectivity index (χ0) is 10.8. The topological polar surface area (TPSA) is 53.3 Å². The fraction of sp³-hybridized carbons (Fsp3) is 0.200. The first-order valence-electron chi connectivity index (χ1n) is 4.06. The maximum atomic E-state index is 11.2. The first-order chi connectivity index (χ1) is 6.76. The maximum Gasteiger partial charge on any atom is 0.417 e. The highest BCUT2D eigenvalue weighted by Crippen LogP contribution is 1.97. The van der Waals surface area contributed by atoms with E-state index in [9.17, 15) is 4.79 Å². The minimum absolute atomic E-state index is 0.289. The van der Waals surface area contributed by atoms with Gasteiger partial charge in [0.25, 0.3) is 0 Å². The van der Waals surface area contributed by atoms with Crippen LogP contribution in [0.2, 0.25) is 0 Å². The van der Waals surface area contributed by atoms with E-state index < -0.39 is 6.09 Å². The van der Waals surface area contributed by atoms with Crippen LogP contribution in [0.4, 0.5) is 4.79 Å². The fourth-order valence-corrected chi connectivity index (χ4v) is 0.637. The standard InChI is InChI=1S/C10H12N2O2/c1-3-5-8-12(9-6-7-11)10(13)14-4-2/h3,5-6,8-9H,1,4H2,2H3. The van der Waals surface area contributed by atoms with Crippen molar-refractivity contribution in [1.82, 2.24) is 4.90 Å². The lowest BCUT2D eigenvalue weighted by Crippen LogP contribution is -2.20. The molecule has 0 spiro atoms. The Kier molecular flexibility index (Phi) is 6.52. The van der Waals surface area contributed by atoms with E-state index in [-0.39, 0.29) is 6.61 Å². The van der Waals surface area contributed by atoms with Gasteiger partial charge in [0.05, 0.1) is 12.7 Å². The van der Waals surface area contributed by atoms with Gasteiger partial charge in [0.1, 0.15) is 0 Å². The lowest BCUT2D eigenvalue weighted by molar-refractivity contribution is 0.133. The highest BCUT2D eigenvalue weighted by atomic mass is 16.5. The Morgan fingerprint density at radius 1 is 1.64 bits per heavy atom. The van der Waals surface area contributed by atoms with Crippen molar-refractivity contribution >= 4 is 6.09 Å². The number of hydrogen-bond acceptors (Lipinski definition) is 3. The van der Waals surface area contributed by atoms with Crippen LogP contribution < -0.4 is 0 Å². The van der Waals surface area contributed by atoms with E-state index in [2.05, 4.69) is 6.58 Å². The third-order valence-electron chi connectivity index (χ3n) is 1.17. The van der Waals surface area contributed by atoms with Crippen LogP contribution in [0, 0.1) is 11.3 Å². The highest BCUT2D eigenvalue weighted by molar-refractivity contribution is 5.70. The Morgan fingerprint density at radius 2 is 2.36 bits per heavy atom. The molecule has 4 nitrogen and oxygen atoms in total. The summed E-state index contributed by atoms with van der Waals surface area (Å²) in [4.78, 5) is 12.4. The van der Waals surface area contributed by atoms with Crippen molar-refractivity contribution in [2.45, 2.75) is 6.92 Å². The first-order valence-corrected chi connectivity index (χ1v) is 4.06. The molecule has 0 saturated heterocycles. The zero-order valence-corrected chi connectivity index (χ0v) is 8.01. The molecule has 0 radical (unpaired) electrons. The summed E-state index contributed by atoms with van der Waals surface area (Å²) in [5.74, 6) is 0. The number of allylic oxidation sites excluding steroid dienone is 3. The van der Waals surface area contributed by atoms with Gasteiger partial charge in [-0.15, -0.1) is 0 Å². The summed E-state index contributed by atoms with van der Waals surface area (Å²) < 4.78 is 4.74. The molecule has 0 heterocycles. The van der Waals surface area contributed by atoms with Gasteiger partial charge in [-0.1, -0.05) is 12.7 Å². The van der Waals surface area contributed by atoms with E-state index in [0.717, 1.165) is 4.90 Å². The number of amides is 1. The molecule has 0 aromatic carbocycles. The zero-order valence-electron chi connectivity index (χ0n) is 8.01. The van der Waals surface area contributed by atoms with Crippen LogP contribution in [0.3, 0.4) is 0 Å². The number of nitriles is 1. The smallest absolute Gasteiger partial charge is 0.417 e. The van der Waals surface area contributed by atoms with Crippen molar-refractivity contribution in [1.29, 1.82) is 5.26 Å². The molecule has 74 valence electrons. The molecule has 0 aliphatic heterocycles. The average molecular weight is 192 g/mol. The normalized spacial score (nSPS) is 10.0. The van der Waals surface area contributed by atoms with Crippen molar-refractivity contribution < 1.29 is 9.53 Å². The molecular formula is C10H12N2O2. The predicted molar refractivity (Wildman–Crippen MR) is 53.0 cm³/mol. The van der Waals surface area contributed by atoms with Gasteiger partial charge in [0, 0.05) is 18.5 Å². The van der Waals surface area contributed by atoms with Crippen molar-refractivity contribution in [2.24, 2.45) is 0 Å². The highest BCUT2D eigenvalue weighted by Gasteiger charge is 2.06. The van der Waals surface area contributed by atoms with E-state index >= 15 is 0 Å². The minimum Gasteiger partial charge on any atom is -0.449 e. The molecule has 0 saturated carbocycles. The summed E-state index contributed by atoms with van der Waals surface area (Å²) in [6.45, 7) is 5.46. The van der Waals surface area contributed by atoms with Gasteiger partial charge < -0.3 is 4.74 Å². The molecule has 4 heteroatoms. The van der Waals surface area contributed by atoms with Gasteiger partial charge >= 0.3 is 6.09 Å². The molecule has 1 amide bonds. The average Bonchev–Trinajstić information content (AvgIpc) is 2.18. The van der Waals surface area contributed by atoms with Crippen LogP contribution >= 0.6 is 0 Å². The number of ether oxygens (including phenoxy) is 1. The van der Waals surface area contributed by atoms with E-state index in [1.165, 1.54) is 24.6 Å². The molecule has 0 aliphatic carbocycles. The molecule has 0 aliphatic rings. The van der Waals surface area contributed by atoms with Gasteiger partial charge in [0.15, 0.2) is 0 Å². The number of nitrogens with zero attached hydrogens (tertiary/aromatic N) is 2. The van der Waals surface area contributed by atoms with Crippen LogP contribution in [-0.2, 0) is 4.74 Å². The van der Waals surface area contributed by atoms with Crippen molar-refractivity contribution in [2.75, 3.05) is 6.61 Å². The molecule has 0 atom stereocenters. The molecule has 0 fully saturated rings. The Labute approximate surface area is 83.4 Å². The van der Waals surface area contributed by atoms with Gasteiger partial charge in [-0.3, -0.25) is 4.90 Å². The maximum absolute atomic E-state index is 11.2. The predicted octanol–water partition coefficient (Wildman–Crippen LogP) is 2.18. The Balaban J connectivity index is 4.47. The number of hydrogen-bond donors (Lipinski definition) is 0. The summed E-state index contributed by atoms with van der Waals surface area (Å²) in [6.07, 6.45) is 6.52. The van der Waals surface area contributed by atoms with Crippen molar-refractivity contribution in [3.63, 3.8) is 0 Å². The second kappa shape index (κ2) is 7.62. The van der Waals surface area contributed by atoms with E-state index in [4.69, 9.17) is 10.00 Å². The van der Waals surface area contributed by atoms with Crippen LogP contribution in [0.1, 0.15) is 6.92 Å². The van der Waals surface area contributed by atoms with Gasteiger partial charge in [-0.25, -0.2) is 4.79 Å². The molecule has 14 heavy (non-hydrogen) atoms. The van der Waals surface area contributed by atoms with Gasteiger partial charge in [-0.2, -0.15) is 5.26 Å². The summed E-state index contributed by atoms with van der Waals surface area (Å²) >= 11 is 0. The van der Waals surface area contributed by atoms with E-state index in [1.54, 1.807) is 19.1 Å². The van der Waals surface area contributed by atoms with Crippen LogP contribution in [0.25, 0.3) is 0 Å². The second-order valence-electron chi connectivity index (χ2n) is 2.13. The SMILES string of the molecule is C=CC=CN(C=CC#N)C(=O)OCC. The quantitative estimate of drug-likeness (QED) is 0.506. The minimum atomic E-state index is -0.530. The van der Waals surface area contributed by atoms with Crippen LogP contribution in [-0.4, -0.2) is 17.6 Å². The van der Waals surface area contributed by atoms with Crippen molar-refractivity contribution in [3.05, 3.63) is 37.2 Å². The number of carbonyl (C=O) groups excluding carboxylic acids is 1. The van der Waals surface area contributed by atoms with Gasteiger partial charge in [0.2, 0.25) is 0 Å². The van der Waals surface area contributed by atoms with E-state index in [0.29, 0.717) is 0 Å². The lowest BCUT2D eigenvalue weighted by atomic mass is 10.5. The Hall–Kier alpha value is -2.02. The molecule has 0 aromatic rings. The number of carbonyl (C=O) groups is 1. The van der Waals surface area contributed by atoms with E-state index in [1.807, 2.05) is 0 Å². The largest absolute Gasteiger partial charge is 0.449 e. The molecule has 0 rings (SSSR count). The lowest BCUT2D eigenvalue weighted by Gasteiger charge is -2.11.